The molecule has 1 unspecified atom stereocenters. The van der Waals surface area contributed by atoms with E-state index < -0.39 is 10.0 Å². The lowest BCUT2D eigenvalue weighted by Crippen LogP contribution is -2.42. The van der Waals surface area contributed by atoms with Crippen LogP contribution in [0.3, 0.4) is 0 Å². The van der Waals surface area contributed by atoms with Crippen molar-refractivity contribution in [3.63, 3.8) is 0 Å². The number of nitrogens with two attached hydrogens (primary N) is 1. The Kier molecular flexibility index (Phi) is 4.36. The van der Waals surface area contributed by atoms with Gasteiger partial charge in [0.1, 0.15) is 0 Å². The number of piperidine rings is 1. The van der Waals surface area contributed by atoms with Crippen molar-refractivity contribution in [2.24, 2.45) is 5.84 Å². The molecule has 0 spiro atoms. The van der Waals surface area contributed by atoms with Crippen LogP contribution in [0, 0.1) is 13.8 Å². The highest BCUT2D eigenvalue weighted by Gasteiger charge is 2.33. The average Bonchev–Trinajstić information content (AvgIpc) is 2.37. The minimum Gasteiger partial charge on any atom is -0.324 e. The quantitative estimate of drug-likeness (QED) is 0.662. The van der Waals surface area contributed by atoms with Gasteiger partial charge in [0.2, 0.25) is 10.0 Å². The van der Waals surface area contributed by atoms with Gasteiger partial charge in [-0.3, -0.25) is 5.84 Å². The molecular formula is C14H23N3O2S. The molecule has 1 heterocycles. The van der Waals surface area contributed by atoms with Crippen LogP contribution >= 0.6 is 0 Å². The van der Waals surface area contributed by atoms with E-state index in [0.29, 0.717) is 11.4 Å². The van der Waals surface area contributed by atoms with Crippen LogP contribution in [0.1, 0.15) is 37.3 Å². The number of nitrogens with zero attached hydrogens (tertiary/aromatic N) is 1. The van der Waals surface area contributed by atoms with Crippen molar-refractivity contribution < 1.29 is 8.42 Å². The lowest BCUT2D eigenvalue weighted by Gasteiger charge is -2.33. The molecule has 1 aromatic carbocycles. The summed E-state index contributed by atoms with van der Waals surface area (Å²) in [6, 6.07) is 3.61. The highest BCUT2D eigenvalue weighted by molar-refractivity contribution is 7.89. The van der Waals surface area contributed by atoms with Crippen molar-refractivity contribution in [3.05, 3.63) is 23.3 Å². The van der Waals surface area contributed by atoms with Crippen LogP contribution in [0.4, 0.5) is 5.69 Å². The maximum Gasteiger partial charge on any atom is 0.243 e. The van der Waals surface area contributed by atoms with E-state index in [1.54, 1.807) is 16.4 Å². The van der Waals surface area contributed by atoms with Crippen molar-refractivity contribution in [1.29, 1.82) is 0 Å². The van der Waals surface area contributed by atoms with E-state index in [1.165, 1.54) is 0 Å². The molecule has 5 nitrogen and oxygen atoms in total. The second-order valence-electron chi connectivity index (χ2n) is 5.54. The molecule has 0 amide bonds. The maximum atomic E-state index is 12.9. The summed E-state index contributed by atoms with van der Waals surface area (Å²) in [5, 5.41) is 0. The largest absolute Gasteiger partial charge is 0.324 e. The molecule has 1 aliphatic rings. The highest BCUT2D eigenvalue weighted by Crippen LogP contribution is 2.30. The van der Waals surface area contributed by atoms with Crippen LogP contribution in [0.5, 0.6) is 0 Å². The number of hydrazine groups is 1. The minimum absolute atomic E-state index is 0.0693. The number of nitrogen functional groups attached to an aromatic ring is 1. The fraction of sp³-hybridized carbons (Fsp3) is 0.571. The van der Waals surface area contributed by atoms with E-state index in [2.05, 4.69) is 5.43 Å². The van der Waals surface area contributed by atoms with Crippen molar-refractivity contribution in [3.8, 4) is 0 Å². The number of benzene rings is 1. The monoisotopic (exact) mass is 297 g/mol. The van der Waals surface area contributed by atoms with Gasteiger partial charge >= 0.3 is 0 Å². The summed E-state index contributed by atoms with van der Waals surface area (Å²) in [6.07, 6.45) is 2.96. The molecule has 3 N–H and O–H groups in total. The Morgan fingerprint density at radius 2 is 1.85 bits per heavy atom. The van der Waals surface area contributed by atoms with Gasteiger partial charge in [-0.15, -0.1) is 0 Å². The van der Waals surface area contributed by atoms with Gasteiger partial charge in [0.05, 0.1) is 4.90 Å². The van der Waals surface area contributed by atoms with E-state index in [1.807, 2.05) is 20.8 Å². The molecule has 0 bridgehead atoms. The third kappa shape index (κ3) is 2.68. The lowest BCUT2D eigenvalue weighted by atomic mass is 10.1. The first-order valence-corrected chi connectivity index (χ1v) is 8.41. The van der Waals surface area contributed by atoms with Gasteiger partial charge < -0.3 is 5.43 Å². The molecule has 1 fully saturated rings. The second-order valence-corrected chi connectivity index (χ2v) is 7.37. The lowest BCUT2D eigenvalue weighted by molar-refractivity contribution is 0.268. The second kappa shape index (κ2) is 5.71. The topological polar surface area (TPSA) is 75.4 Å². The first kappa shape index (κ1) is 15.3. The molecule has 6 heteroatoms. The first-order valence-electron chi connectivity index (χ1n) is 6.97. The number of hydrogen-bond acceptors (Lipinski definition) is 4. The molecule has 1 aromatic rings. The van der Waals surface area contributed by atoms with Crippen LogP contribution < -0.4 is 11.3 Å². The van der Waals surface area contributed by atoms with Crippen LogP contribution in [-0.4, -0.2) is 25.3 Å². The van der Waals surface area contributed by atoms with E-state index >= 15 is 0 Å². The number of sulfonamides is 1. The smallest absolute Gasteiger partial charge is 0.243 e. The SMILES string of the molecule is Cc1cc(NN)cc(C)c1S(=O)(=O)N1CCCCC1C. The van der Waals surface area contributed by atoms with Crippen molar-refractivity contribution in [1.82, 2.24) is 4.31 Å². The van der Waals surface area contributed by atoms with Gasteiger partial charge in [0.15, 0.2) is 0 Å². The van der Waals surface area contributed by atoms with E-state index in [9.17, 15) is 8.42 Å². The Morgan fingerprint density at radius 1 is 1.25 bits per heavy atom. The fourth-order valence-electron chi connectivity index (χ4n) is 2.99. The number of rotatable bonds is 3. The molecule has 1 atom stereocenters. The zero-order valence-electron chi connectivity index (χ0n) is 12.3. The molecule has 0 saturated carbocycles. The van der Waals surface area contributed by atoms with Gasteiger partial charge in [0, 0.05) is 18.3 Å². The maximum absolute atomic E-state index is 12.9. The van der Waals surface area contributed by atoms with Gasteiger partial charge in [-0.1, -0.05) is 6.42 Å². The van der Waals surface area contributed by atoms with E-state index in [0.717, 1.165) is 36.1 Å². The van der Waals surface area contributed by atoms with Crippen LogP contribution in [0.2, 0.25) is 0 Å². The summed E-state index contributed by atoms with van der Waals surface area (Å²) < 4.78 is 27.5. The molecule has 0 aromatic heterocycles. The minimum atomic E-state index is -3.43. The predicted octanol–water partition coefficient (Wildman–Crippen LogP) is 2.15. The van der Waals surface area contributed by atoms with Gasteiger partial charge in [-0.2, -0.15) is 4.31 Å². The van der Waals surface area contributed by atoms with Crippen LogP contribution in [-0.2, 0) is 10.0 Å². The molecule has 1 aliphatic heterocycles. The standard InChI is InChI=1S/C14H23N3O2S/c1-10-8-13(16-15)9-11(2)14(10)20(18,19)17-7-5-4-6-12(17)3/h8-9,12,16H,4-7,15H2,1-3H3. The van der Waals surface area contributed by atoms with Crippen molar-refractivity contribution in [2.45, 2.75) is 51.0 Å². The van der Waals surface area contributed by atoms with Crippen molar-refractivity contribution in [2.75, 3.05) is 12.0 Å². The zero-order valence-corrected chi connectivity index (χ0v) is 13.1. The predicted molar refractivity (Wildman–Crippen MR) is 80.9 cm³/mol. The zero-order chi connectivity index (χ0) is 14.9. The average molecular weight is 297 g/mol. The number of nitrogens with one attached hydrogen (secondary N) is 1. The van der Waals surface area contributed by atoms with Gasteiger partial charge in [-0.05, 0) is 56.9 Å². The number of hydrogen-bond donors (Lipinski definition) is 2. The highest BCUT2D eigenvalue weighted by atomic mass is 32.2. The van der Waals surface area contributed by atoms with Gasteiger partial charge in [-0.25, -0.2) is 8.42 Å². The summed E-state index contributed by atoms with van der Waals surface area (Å²) >= 11 is 0. The Balaban J connectivity index is 2.49. The Hall–Kier alpha value is -1.11. The Morgan fingerprint density at radius 3 is 2.35 bits per heavy atom. The summed E-state index contributed by atoms with van der Waals surface area (Å²) in [4.78, 5) is 0.422. The summed E-state index contributed by atoms with van der Waals surface area (Å²) in [5.41, 5.74) is 4.76. The molecule has 1 saturated heterocycles. The molecule has 0 aliphatic carbocycles. The van der Waals surface area contributed by atoms with Crippen LogP contribution in [0.25, 0.3) is 0 Å². The molecule has 112 valence electrons. The number of aryl methyl sites for hydroxylation is 2. The summed E-state index contributed by atoms with van der Waals surface area (Å²) in [5.74, 6) is 5.40. The Bertz CT molecular complexity index is 575. The molecular weight excluding hydrogens is 274 g/mol. The summed E-state index contributed by atoms with van der Waals surface area (Å²) in [7, 11) is -3.43. The van der Waals surface area contributed by atoms with E-state index in [4.69, 9.17) is 5.84 Å². The molecule has 0 radical (unpaired) electrons. The molecule has 2 rings (SSSR count). The third-order valence-corrected chi connectivity index (χ3v) is 6.26. The van der Waals surface area contributed by atoms with Crippen LogP contribution in [0.15, 0.2) is 17.0 Å². The summed E-state index contributed by atoms with van der Waals surface area (Å²) in [6.45, 7) is 6.22. The Labute approximate surface area is 121 Å². The van der Waals surface area contributed by atoms with Crippen molar-refractivity contribution >= 4 is 15.7 Å². The first-order chi connectivity index (χ1) is 9.37. The third-order valence-electron chi connectivity index (χ3n) is 3.94. The normalized spacial score (nSPS) is 20.9. The fourth-order valence-corrected chi connectivity index (χ4v) is 5.10. The molecule has 20 heavy (non-hydrogen) atoms. The van der Waals surface area contributed by atoms with Gasteiger partial charge in [0.25, 0.3) is 0 Å². The number of anilines is 1. The van der Waals surface area contributed by atoms with E-state index in [-0.39, 0.29) is 6.04 Å².